The molecule has 0 heterocycles. The van der Waals surface area contributed by atoms with Gasteiger partial charge in [0.1, 0.15) is 18.1 Å². The van der Waals surface area contributed by atoms with E-state index in [-0.39, 0.29) is 18.0 Å². The Bertz CT molecular complexity index is 970. The molecule has 3 rings (SSSR count). The van der Waals surface area contributed by atoms with Gasteiger partial charge in [0.05, 0.1) is 12.0 Å². The molecule has 0 aliphatic heterocycles. The Labute approximate surface area is 147 Å². The van der Waals surface area contributed by atoms with Gasteiger partial charge in [-0.2, -0.15) is 0 Å². The number of hydrogen-bond acceptors (Lipinski definition) is 4. The van der Waals surface area contributed by atoms with Gasteiger partial charge in [0.15, 0.2) is 0 Å². The average Bonchev–Trinajstić information content (AvgIpc) is 2.65. The van der Waals surface area contributed by atoms with E-state index in [9.17, 15) is 8.42 Å². The van der Waals surface area contributed by atoms with Gasteiger partial charge < -0.3 is 9.47 Å². The van der Waals surface area contributed by atoms with Crippen molar-refractivity contribution in [1.82, 2.24) is 4.72 Å². The third-order valence-corrected chi connectivity index (χ3v) is 5.19. The predicted molar refractivity (Wildman–Crippen MR) is 97.6 cm³/mol. The van der Waals surface area contributed by atoms with E-state index in [0.717, 1.165) is 10.8 Å². The lowest BCUT2D eigenvalue weighted by Gasteiger charge is -2.10. The first-order chi connectivity index (χ1) is 12.1. The minimum absolute atomic E-state index is 0.173. The molecule has 25 heavy (non-hydrogen) atoms. The Kier molecular flexibility index (Phi) is 5.21. The average molecular weight is 357 g/mol. The highest BCUT2D eigenvalue weighted by molar-refractivity contribution is 7.89. The first-order valence-electron chi connectivity index (χ1n) is 7.84. The van der Waals surface area contributed by atoms with E-state index >= 15 is 0 Å². The molecule has 0 aromatic heterocycles. The molecule has 0 spiro atoms. The number of fused-ring (bicyclic) bond motifs is 1. The molecule has 0 bridgehead atoms. The quantitative estimate of drug-likeness (QED) is 0.660. The Hall–Kier alpha value is -2.57. The number of benzene rings is 3. The first kappa shape index (κ1) is 17.3. The fourth-order valence-electron chi connectivity index (χ4n) is 2.45. The Morgan fingerprint density at radius 1 is 0.880 bits per heavy atom. The van der Waals surface area contributed by atoms with Crippen molar-refractivity contribution in [2.24, 2.45) is 0 Å². The van der Waals surface area contributed by atoms with Crippen molar-refractivity contribution in [2.45, 2.75) is 4.90 Å². The number of methoxy groups -OCH3 is 1. The Balaban J connectivity index is 1.61. The molecule has 0 saturated carbocycles. The third-order valence-electron chi connectivity index (χ3n) is 3.74. The lowest BCUT2D eigenvalue weighted by atomic mass is 10.1. The Morgan fingerprint density at radius 2 is 1.64 bits per heavy atom. The van der Waals surface area contributed by atoms with Crippen LogP contribution in [0.25, 0.3) is 10.8 Å². The molecule has 0 unspecified atom stereocenters. The van der Waals surface area contributed by atoms with Crippen molar-refractivity contribution in [2.75, 3.05) is 20.3 Å². The second-order valence-corrected chi connectivity index (χ2v) is 7.20. The summed E-state index contributed by atoms with van der Waals surface area (Å²) in [6, 6.07) is 19.9. The molecule has 0 aliphatic rings. The zero-order chi connectivity index (χ0) is 17.7. The number of nitrogens with one attached hydrogen (secondary N) is 1. The van der Waals surface area contributed by atoms with E-state index in [1.165, 1.54) is 0 Å². The summed E-state index contributed by atoms with van der Waals surface area (Å²) < 4.78 is 38.0. The van der Waals surface area contributed by atoms with Crippen LogP contribution >= 0.6 is 0 Å². The van der Waals surface area contributed by atoms with Crippen LogP contribution in [0.3, 0.4) is 0 Å². The van der Waals surface area contributed by atoms with Crippen molar-refractivity contribution < 1.29 is 17.9 Å². The smallest absolute Gasteiger partial charge is 0.240 e. The van der Waals surface area contributed by atoms with Gasteiger partial charge in [-0.15, -0.1) is 0 Å². The molecule has 0 atom stereocenters. The fourth-order valence-corrected chi connectivity index (χ4v) is 3.50. The van der Waals surface area contributed by atoms with Gasteiger partial charge >= 0.3 is 0 Å². The van der Waals surface area contributed by atoms with E-state index in [0.29, 0.717) is 11.5 Å². The number of rotatable bonds is 7. The molecule has 0 saturated heterocycles. The lowest BCUT2D eigenvalue weighted by molar-refractivity contribution is 0.320. The van der Waals surface area contributed by atoms with Crippen molar-refractivity contribution >= 4 is 20.8 Å². The van der Waals surface area contributed by atoms with Crippen LogP contribution in [0.15, 0.2) is 71.6 Å². The normalized spacial score (nSPS) is 11.4. The minimum Gasteiger partial charge on any atom is -0.497 e. The molecule has 6 heteroatoms. The maximum atomic E-state index is 12.4. The molecule has 0 fully saturated rings. The van der Waals surface area contributed by atoms with Crippen LogP contribution in [-0.2, 0) is 10.0 Å². The first-order valence-corrected chi connectivity index (χ1v) is 9.32. The van der Waals surface area contributed by atoms with E-state index < -0.39 is 10.0 Å². The standard InChI is InChI=1S/C19H19NO4S/c1-23-17-7-4-8-18(14-17)24-12-11-20-25(21,22)19-10-9-15-5-2-3-6-16(15)13-19/h2-10,13-14,20H,11-12H2,1H3. The van der Waals surface area contributed by atoms with Crippen molar-refractivity contribution in [3.05, 3.63) is 66.7 Å². The van der Waals surface area contributed by atoms with Crippen LogP contribution in [0.5, 0.6) is 11.5 Å². The van der Waals surface area contributed by atoms with Gasteiger partial charge in [0.2, 0.25) is 10.0 Å². The van der Waals surface area contributed by atoms with Crippen LogP contribution in [0.4, 0.5) is 0 Å². The summed E-state index contributed by atoms with van der Waals surface area (Å²) in [5, 5.41) is 1.89. The molecule has 0 aliphatic carbocycles. The van der Waals surface area contributed by atoms with Crippen LogP contribution in [0.2, 0.25) is 0 Å². The van der Waals surface area contributed by atoms with Gasteiger partial charge in [-0.1, -0.05) is 36.4 Å². The van der Waals surface area contributed by atoms with E-state index in [1.54, 1.807) is 37.4 Å². The lowest BCUT2D eigenvalue weighted by Crippen LogP contribution is -2.28. The van der Waals surface area contributed by atoms with Crippen molar-refractivity contribution in [3.63, 3.8) is 0 Å². The summed E-state index contributed by atoms with van der Waals surface area (Å²) in [4.78, 5) is 0.243. The van der Waals surface area contributed by atoms with Gasteiger partial charge in [0, 0.05) is 12.6 Å². The Morgan fingerprint density at radius 3 is 2.44 bits per heavy atom. The van der Waals surface area contributed by atoms with Gasteiger partial charge in [-0.3, -0.25) is 0 Å². The fraction of sp³-hybridized carbons (Fsp3) is 0.158. The number of sulfonamides is 1. The summed E-state index contributed by atoms with van der Waals surface area (Å²) in [5.74, 6) is 1.32. The van der Waals surface area contributed by atoms with Crippen LogP contribution in [0, 0.1) is 0 Å². The maximum Gasteiger partial charge on any atom is 0.240 e. The van der Waals surface area contributed by atoms with E-state index in [2.05, 4.69) is 4.72 Å². The zero-order valence-corrected chi connectivity index (χ0v) is 14.6. The molecule has 0 amide bonds. The van der Waals surface area contributed by atoms with Crippen molar-refractivity contribution in [1.29, 1.82) is 0 Å². The molecular weight excluding hydrogens is 338 g/mol. The second kappa shape index (κ2) is 7.55. The number of hydrogen-bond donors (Lipinski definition) is 1. The van der Waals surface area contributed by atoms with Crippen LogP contribution in [0.1, 0.15) is 0 Å². The topological polar surface area (TPSA) is 64.6 Å². The summed E-state index contributed by atoms with van der Waals surface area (Å²) in [6.45, 7) is 0.395. The van der Waals surface area contributed by atoms with Gasteiger partial charge in [0.25, 0.3) is 0 Å². The highest BCUT2D eigenvalue weighted by atomic mass is 32.2. The predicted octanol–water partition coefficient (Wildman–Crippen LogP) is 3.21. The van der Waals surface area contributed by atoms with E-state index in [1.807, 2.05) is 36.4 Å². The summed E-state index contributed by atoms with van der Waals surface area (Å²) in [6.07, 6.45) is 0. The minimum atomic E-state index is -3.57. The summed E-state index contributed by atoms with van der Waals surface area (Å²) in [5.41, 5.74) is 0. The molecule has 3 aromatic carbocycles. The van der Waals surface area contributed by atoms with Gasteiger partial charge in [-0.25, -0.2) is 13.1 Å². The van der Waals surface area contributed by atoms with Crippen molar-refractivity contribution in [3.8, 4) is 11.5 Å². The SMILES string of the molecule is COc1cccc(OCCNS(=O)(=O)c2ccc3ccccc3c2)c1. The second-order valence-electron chi connectivity index (χ2n) is 5.43. The zero-order valence-electron chi connectivity index (χ0n) is 13.8. The van der Waals surface area contributed by atoms with E-state index in [4.69, 9.17) is 9.47 Å². The molecule has 3 aromatic rings. The van der Waals surface area contributed by atoms with Gasteiger partial charge in [-0.05, 0) is 35.0 Å². The highest BCUT2D eigenvalue weighted by Crippen LogP contribution is 2.20. The monoisotopic (exact) mass is 357 g/mol. The summed E-state index contributed by atoms with van der Waals surface area (Å²) in [7, 11) is -1.99. The highest BCUT2D eigenvalue weighted by Gasteiger charge is 2.13. The molecule has 5 nitrogen and oxygen atoms in total. The molecule has 1 N–H and O–H groups in total. The molecule has 130 valence electrons. The molecule has 0 radical (unpaired) electrons. The third kappa shape index (κ3) is 4.29. The summed E-state index contributed by atoms with van der Waals surface area (Å²) >= 11 is 0. The largest absolute Gasteiger partial charge is 0.497 e. The van der Waals surface area contributed by atoms with Crippen LogP contribution in [-0.4, -0.2) is 28.7 Å². The molecular formula is C19H19NO4S. The maximum absolute atomic E-state index is 12.4. The van der Waals surface area contributed by atoms with Crippen LogP contribution < -0.4 is 14.2 Å². The number of ether oxygens (including phenoxy) is 2.